The lowest BCUT2D eigenvalue weighted by atomic mass is 10.2. The van der Waals surface area contributed by atoms with Crippen molar-refractivity contribution in [3.63, 3.8) is 0 Å². The number of carboxylic acid groups (broad SMARTS) is 3. The van der Waals surface area contributed by atoms with Gasteiger partial charge < -0.3 is 41.5 Å². The van der Waals surface area contributed by atoms with E-state index in [0.717, 1.165) is 6.66 Å². The van der Waals surface area contributed by atoms with E-state index in [9.17, 15) is 32.9 Å². The predicted octanol–water partition coefficient (Wildman–Crippen LogP) is -0.692. The normalized spacial score (nSPS) is 17.7. The lowest BCUT2D eigenvalue weighted by Gasteiger charge is -2.07. The second kappa shape index (κ2) is 16.2. The molecular weight excluding hydrogens is 509 g/mol. The van der Waals surface area contributed by atoms with Crippen LogP contribution in [0.2, 0.25) is 0 Å². The molecule has 0 aliphatic heterocycles. The van der Waals surface area contributed by atoms with Gasteiger partial charge in [0.05, 0.1) is 0 Å². The zero-order chi connectivity index (χ0) is 27.2. The molecule has 0 rings (SSSR count). The fraction of sp³-hybridized carbons (Fsp3) is 0.733. The molecule has 0 saturated carbocycles. The number of hydrogen-bond acceptors (Lipinski definition) is 9. The molecular formula is C15H33N2O13P3. The predicted molar refractivity (Wildman–Crippen MR) is 120 cm³/mol. The standard InChI is InChI=1S/2C5H12NO4P.C5H9O5P/c3*1-11(9,10)3-2-4(6)5(7)8/h2*4H,2-3,6H2,1H3,(H,7,8)(H,9,10);2-3H2,1H3,(H,7,8)(H,9,10)/t2*4-;/m10./s1. The molecule has 0 radical (unpaired) electrons. The average Bonchev–Trinajstić information content (AvgIpc) is 2.60. The Morgan fingerprint density at radius 3 is 1.12 bits per heavy atom. The van der Waals surface area contributed by atoms with Crippen molar-refractivity contribution >= 4 is 45.8 Å². The van der Waals surface area contributed by atoms with Crippen molar-refractivity contribution in [1.29, 1.82) is 0 Å². The Kier molecular flexibility index (Phi) is 17.8. The highest BCUT2D eigenvalue weighted by molar-refractivity contribution is 7.57. The van der Waals surface area contributed by atoms with E-state index >= 15 is 0 Å². The van der Waals surface area contributed by atoms with Crippen molar-refractivity contribution in [2.45, 2.75) is 31.3 Å². The third-order valence-electron chi connectivity index (χ3n) is 3.34. The molecule has 0 saturated heterocycles. The second-order valence-electron chi connectivity index (χ2n) is 7.27. The number of hydrogen-bond donors (Lipinski definition) is 8. The van der Waals surface area contributed by atoms with Crippen molar-refractivity contribution in [3.8, 4) is 0 Å². The van der Waals surface area contributed by atoms with Crippen molar-refractivity contribution in [3.05, 3.63) is 0 Å². The number of nitrogens with two attached hydrogens (primary N) is 2. The highest BCUT2D eigenvalue weighted by atomic mass is 31.2. The van der Waals surface area contributed by atoms with Gasteiger partial charge in [0.15, 0.2) is 22.1 Å². The van der Waals surface area contributed by atoms with E-state index in [1.54, 1.807) is 0 Å². The summed E-state index contributed by atoms with van der Waals surface area (Å²) in [6.07, 6.45) is -0.641. The van der Waals surface area contributed by atoms with E-state index in [1.165, 1.54) is 13.3 Å². The zero-order valence-corrected chi connectivity index (χ0v) is 21.1. The van der Waals surface area contributed by atoms with E-state index in [1.807, 2.05) is 0 Å². The van der Waals surface area contributed by atoms with Crippen LogP contribution in [-0.4, -0.2) is 104 Å². The average molecular weight is 542 g/mol. The van der Waals surface area contributed by atoms with Crippen molar-refractivity contribution in [1.82, 2.24) is 0 Å². The van der Waals surface area contributed by atoms with Crippen LogP contribution in [-0.2, 0) is 32.9 Å². The lowest BCUT2D eigenvalue weighted by Crippen LogP contribution is -2.30. The molecule has 196 valence electrons. The number of carbonyl (C=O) groups excluding carboxylic acids is 1. The van der Waals surface area contributed by atoms with E-state index in [4.69, 9.17) is 41.5 Å². The molecule has 0 amide bonds. The van der Waals surface area contributed by atoms with E-state index in [0.29, 0.717) is 0 Å². The summed E-state index contributed by atoms with van der Waals surface area (Å²) in [4.78, 5) is 66.7. The van der Waals surface area contributed by atoms with E-state index < -0.39 is 57.9 Å². The molecule has 0 fully saturated rings. The van der Waals surface area contributed by atoms with Gasteiger partial charge in [-0.15, -0.1) is 0 Å². The van der Waals surface area contributed by atoms with Crippen LogP contribution < -0.4 is 11.5 Å². The highest BCUT2D eigenvalue weighted by Crippen LogP contribution is 2.36. The van der Waals surface area contributed by atoms with Crippen molar-refractivity contribution in [2.24, 2.45) is 11.5 Å². The van der Waals surface area contributed by atoms with Crippen LogP contribution in [0.1, 0.15) is 19.3 Å². The summed E-state index contributed by atoms with van der Waals surface area (Å²) in [6.45, 7) is 3.45. The Hall–Kier alpha value is -1.43. The molecule has 18 heteroatoms. The van der Waals surface area contributed by atoms with Crippen LogP contribution in [0.25, 0.3) is 0 Å². The monoisotopic (exact) mass is 542 g/mol. The van der Waals surface area contributed by atoms with Gasteiger partial charge in [-0.1, -0.05) is 0 Å². The van der Waals surface area contributed by atoms with Crippen LogP contribution in [0.3, 0.4) is 0 Å². The Morgan fingerprint density at radius 2 is 0.939 bits per heavy atom. The van der Waals surface area contributed by atoms with Gasteiger partial charge in [-0.2, -0.15) is 0 Å². The second-order valence-corrected chi connectivity index (χ2v) is 14.9. The Balaban J connectivity index is -0.000000409. The Labute approximate surface area is 190 Å². The van der Waals surface area contributed by atoms with Crippen LogP contribution in [0.15, 0.2) is 0 Å². The minimum atomic E-state index is -3.24. The minimum absolute atomic E-state index is 0.0412. The molecule has 0 aliphatic rings. The summed E-state index contributed by atoms with van der Waals surface area (Å²) in [7, 11) is -9.45. The first kappa shape index (κ1) is 36.1. The molecule has 0 spiro atoms. The molecule has 0 heterocycles. The first-order chi connectivity index (χ1) is 14.5. The highest BCUT2D eigenvalue weighted by Gasteiger charge is 2.18. The van der Waals surface area contributed by atoms with Crippen LogP contribution in [0.4, 0.5) is 0 Å². The summed E-state index contributed by atoms with van der Waals surface area (Å²) in [5, 5.41) is 24.6. The van der Waals surface area contributed by atoms with E-state index in [2.05, 4.69) is 0 Å². The molecule has 33 heavy (non-hydrogen) atoms. The van der Waals surface area contributed by atoms with Gasteiger partial charge in [0.2, 0.25) is 5.78 Å². The van der Waals surface area contributed by atoms with Gasteiger partial charge in [0, 0.05) is 44.9 Å². The summed E-state index contributed by atoms with van der Waals surface area (Å²) < 4.78 is 31.8. The zero-order valence-electron chi connectivity index (χ0n) is 18.4. The minimum Gasteiger partial charge on any atom is -0.480 e. The molecule has 0 bridgehead atoms. The quantitative estimate of drug-likeness (QED) is 0.112. The van der Waals surface area contributed by atoms with Crippen LogP contribution in [0, 0.1) is 0 Å². The van der Waals surface area contributed by atoms with Crippen LogP contribution >= 0.6 is 22.1 Å². The third kappa shape index (κ3) is 30.6. The fourth-order valence-corrected chi connectivity index (χ4v) is 3.55. The van der Waals surface area contributed by atoms with Gasteiger partial charge in [-0.25, -0.2) is 4.79 Å². The number of carboxylic acids is 3. The number of Topliss-reactive ketones (excluding diaryl/α,β-unsaturated/α-hetero) is 1. The number of carbonyl (C=O) groups is 4. The van der Waals surface area contributed by atoms with Gasteiger partial charge in [-0.05, 0) is 12.8 Å². The Bertz CT molecular complexity index is 757. The number of aliphatic carboxylic acids is 3. The largest absolute Gasteiger partial charge is 0.480 e. The Morgan fingerprint density at radius 1 is 0.667 bits per heavy atom. The van der Waals surface area contributed by atoms with E-state index in [-0.39, 0.29) is 37.7 Å². The maximum atomic E-state index is 10.6. The van der Waals surface area contributed by atoms with Crippen LogP contribution in [0.5, 0.6) is 0 Å². The first-order valence-corrected chi connectivity index (χ1v) is 16.0. The molecule has 5 atom stereocenters. The lowest BCUT2D eigenvalue weighted by molar-refractivity contribution is -0.148. The summed E-state index contributed by atoms with van der Waals surface area (Å²) in [5.74, 6) is -4.86. The number of rotatable bonds is 12. The van der Waals surface area contributed by atoms with Gasteiger partial charge in [0.1, 0.15) is 12.1 Å². The molecule has 10 N–H and O–H groups in total. The van der Waals surface area contributed by atoms with Crippen molar-refractivity contribution < 1.29 is 62.9 Å². The third-order valence-corrected chi connectivity index (χ3v) is 6.57. The molecule has 15 nitrogen and oxygen atoms in total. The summed E-state index contributed by atoms with van der Waals surface area (Å²) in [6, 6.07) is -2.06. The molecule has 0 aromatic heterocycles. The van der Waals surface area contributed by atoms with Crippen molar-refractivity contribution in [2.75, 3.05) is 38.5 Å². The maximum Gasteiger partial charge on any atom is 0.372 e. The van der Waals surface area contributed by atoms with Gasteiger partial charge in [-0.3, -0.25) is 28.1 Å². The molecule has 0 aromatic rings. The van der Waals surface area contributed by atoms with Gasteiger partial charge in [0.25, 0.3) is 0 Å². The summed E-state index contributed by atoms with van der Waals surface area (Å²) in [5.41, 5.74) is 10.2. The SMILES string of the molecule is CP(=O)(O)CCC(=O)C(=O)O.CP(=O)(O)CC[C@@H](N)C(=O)O.CP(=O)(O)CC[C@H](N)C(=O)O. The topological polar surface area (TPSA) is 293 Å². The first-order valence-electron chi connectivity index (χ1n) is 9.09. The number of ketones is 1. The smallest absolute Gasteiger partial charge is 0.372 e. The van der Waals surface area contributed by atoms with Gasteiger partial charge >= 0.3 is 17.9 Å². The molecule has 0 aliphatic carbocycles. The molecule has 3 unspecified atom stereocenters. The summed E-state index contributed by atoms with van der Waals surface area (Å²) >= 11 is 0. The fourth-order valence-electron chi connectivity index (χ4n) is 1.42. The maximum absolute atomic E-state index is 10.6. The molecule has 0 aromatic carbocycles.